The number of nitrogens with one attached hydrogen (secondary N) is 1. The molecule has 0 saturated heterocycles. The smallest absolute Gasteiger partial charge is 0.230 e. The molecule has 0 unspecified atom stereocenters. The van der Waals surface area contributed by atoms with Gasteiger partial charge in [-0.15, -0.1) is 11.3 Å². The number of phenolic OH excluding ortho intramolecular Hbond substituents is 1. The first-order valence-electron chi connectivity index (χ1n) is 7.79. The molecule has 1 amide bonds. The van der Waals surface area contributed by atoms with Crippen LogP contribution in [-0.4, -0.2) is 20.4 Å². The van der Waals surface area contributed by atoms with Crippen LogP contribution in [0.4, 0.5) is 5.69 Å². The number of carbonyl (C=O) groups excluding carboxylic acids is 1. The third-order valence-corrected chi connectivity index (χ3v) is 4.73. The van der Waals surface area contributed by atoms with Crippen LogP contribution in [0.25, 0.3) is 16.2 Å². The number of hydrogen-bond acceptors (Lipinski definition) is 4. The van der Waals surface area contributed by atoms with Gasteiger partial charge in [0, 0.05) is 28.5 Å². The third-order valence-electron chi connectivity index (χ3n) is 3.85. The van der Waals surface area contributed by atoms with E-state index >= 15 is 0 Å². The van der Waals surface area contributed by atoms with Crippen LogP contribution >= 0.6 is 11.3 Å². The largest absolute Gasteiger partial charge is 0.508 e. The van der Waals surface area contributed by atoms with Gasteiger partial charge in [-0.1, -0.05) is 30.3 Å². The molecule has 2 aromatic heterocycles. The van der Waals surface area contributed by atoms with Crippen molar-refractivity contribution >= 4 is 27.9 Å². The number of aromatic nitrogens is 2. The summed E-state index contributed by atoms with van der Waals surface area (Å²) in [7, 11) is 0. The Bertz CT molecular complexity index is 1020. The van der Waals surface area contributed by atoms with Crippen molar-refractivity contribution in [2.24, 2.45) is 0 Å². The van der Waals surface area contributed by atoms with Crippen molar-refractivity contribution in [3.63, 3.8) is 0 Å². The van der Waals surface area contributed by atoms with Gasteiger partial charge in [0.05, 0.1) is 12.1 Å². The Morgan fingerprint density at radius 1 is 1.12 bits per heavy atom. The average molecular weight is 349 g/mol. The van der Waals surface area contributed by atoms with Gasteiger partial charge in [-0.3, -0.25) is 9.20 Å². The molecule has 0 aliphatic carbocycles. The minimum absolute atomic E-state index is 0.111. The highest BCUT2D eigenvalue weighted by Crippen LogP contribution is 2.24. The lowest BCUT2D eigenvalue weighted by Crippen LogP contribution is -2.15. The number of amides is 1. The maximum Gasteiger partial charge on any atom is 0.230 e. The van der Waals surface area contributed by atoms with E-state index in [0.29, 0.717) is 5.69 Å². The van der Waals surface area contributed by atoms with Crippen molar-refractivity contribution in [2.45, 2.75) is 6.42 Å². The van der Waals surface area contributed by atoms with Crippen molar-refractivity contribution < 1.29 is 9.90 Å². The van der Waals surface area contributed by atoms with E-state index in [1.165, 1.54) is 11.3 Å². The number of fused-ring (bicyclic) bond motifs is 1. The molecule has 0 saturated carbocycles. The molecular weight excluding hydrogens is 334 g/mol. The molecular formula is C19H15N3O2S. The monoisotopic (exact) mass is 349 g/mol. The zero-order valence-corrected chi connectivity index (χ0v) is 14.0. The molecule has 0 bridgehead atoms. The Kier molecular flexibility index (Phi) is 3.95. The lowest BCUT2D eigenvalue weighted by atomic mass is 10.2. The highest BCUT2D eigenvalue weighted by atomic mass is 32.1. The van der Waals surface area contributed by atoms with Gasteiger partial charge in [-0.25, -0.2) is 4.98 Å². The summed E-state index contributed by atoms with van der Waals surface area (Å²) in [5, 5.41) is 14.1. The van der Waals surface area contributed by atoms with Gasteiger partial charge >= 0.3 is 0 Å². The fourth-order valence-electron chi connectivity index (χ4n) is 2.62. The lowest BCUT2D eigenvalue weighted by Gasteiger charge is -2.04. The molecule has 0 spiro atoms. The molecule has 6 heteroatoms. The molecule has 4 aromatic rings. The topological polar surface area (TPSA) is 66.6 Å². The normalized spacial score (nSPS) is 10.9. The fourth-order valence-corrected chi connectivity index (χ4v) is 3.49. The molecule has 0 aliphatic rings. The summed E-state index contributed by atoms with van der Waals surface area (Å²) >= 11 is 1.52. The Labute approximate surface area is 148 Å². The lowest BCUT2D eigenvalue weighted by molar-refractivity contribution is -0.115. The van der Waals surface area contributed by atoms with Crippen molar-refractivity contribution in [1.82, 2.24) is 9.38 Å². The van der Waals surface area contributed by atoms with Gasteiger partial charge in [-0.2, -0.15) is 0 Å². The van der Waals surface area contributed by atoms with E-state index in [9.17, 15) is 9.90 Å². The van der Waals surface area contributed by atoms with Gasteiger partial charge in [0.1, 0.15) is 5.75 Å². The van der Waals surface area contributed by atoms with Crippen molar-refractivity contribution in [2.75, 3.05) is 5.32 Å². The maximum absolute atomic E-state index is 12.3. The Morgan fingerprint density at radius 3 is 2.64 bits per heavy atom. The molecule has 25 heavy (non-hydrogen) atoms. The zero-order chi connectivity index (χ0) is 17.2. The summed E-state index contributed by atoms with van der Waals surface area (Å²) in [6.45, 7) is 0. The number of hydrogen-bond donors (Lipinski definition) is 2. The summed E-state index contributed by atoms with van der Waals surface area (Å²) in [5.74, 6) is 0.0600. The second-order valence-electron chi connectivity index (χ2n) is 5.64. The number of aromatic hydroxyl groups is 1. The molecule has 5 nitrogen and oxygen atoms in total. The summed E-state index contributed by atoms with van der Waals surface area (Å²) in [5.41, 5.74) is 3.50. The summed E-state index contributed by atoms with van der Waals surface area (Å²) < 4.78 is 1.96. The summed E-state index contributed by atoms with van der Waals surface area (Å²) in [4.78, 5) is 17.8. The minimum Gasteiger partial charge on any atom is -0.508 e. The number of imidazole rings is 1. The Hall–Kier alpha value is -3.12. The number of rotatable bonds is 4. The van der Waals surface area contributed by atoms with E-state index in [1.54, 1.807) is 24.3 Å². The predicted molar refractivity (Wildman–Crippen MR) is 98.9 cm³/mol. The Morgan fingerprint density at radius 2 is 1.88 bits per heavy atom. The van der Waals surface area contributed by atoms with E-state index in [2.05, 4.69) is 10.3 Å². The maximum atomic E-state index is 12.3. The number of nitrogens with zero attached hydrogens (tertiary/aromatic N) is 2. The van der Waals surface area contributed by atoms with Crippen LogP contribution in [0.1, 0.15) is 5.69 Å². The zero-order valence-electron chi connectivity index (χ0n) is 13.2. The first kappa shape index (κ1) is 15.4. The molecule has 0 aliphatic heterocycles. The molecule has 0 radical (unpaired) electrons. The van der Waals surface area contributed by atoms with E-state index in [-0.39, 0.29) is 18.1 Å². The standard InChI is InChI=1S/C19H15N3O2S/c23-16-8-6-14(7-9-16)20-18(24)10-15-12-25-19-21-17(11-22(15)19)13-4-2-1-3-5-13/h1-9,11-12,23H,10H2,(H,20,24). The summed E-state index contributed by atoms with van der Waals surface area (Å²) in [6.07, 6.45) is 2.22. The van der Waals surface area contributed by atoms with Gasteiger partial charge in [0.15, 0.2) is 4.96 Å². The summed E-state index contributed by atoms with van der Waals surface area (Å²) in [6, 6.07) is 16.4. The molecule has 2 N–H and O–H groups in total. The predicted octanol–water partition coefficient (Wildman–Crippen LogP) is 3.95. The van der Waals surface area contributed by atoms with Gasteiger partial charge in [-0.05, 0) is 24.3 Å². The van der Waals surface area contributed by atoms with Crippen LogP contribution in [0.2, 0.25) is 0 Å². The third kappa shape index (κ3) is 3.25. The molecule has 4 rings (SSSR count). The van der Waals surface area contributed by atoms with E-state index < -0.39 is 0 Å². The Balaban J connectivity index is 1.54. The average Bonchev–Trinajstić information content (AvgIpc) is 3.20. The SMILES string of the molecule is O=C(Cc1csc2nc(-c3ccccc3)cn12)Nc1ccc(O)cc1. The number of carbonyl (C=O) groups is 1. The molecule has 0 atom stereocenters. The van der Waals surface area contributed by atoms with E-state index in [0.717, 1.165) is 21.9 Å². The van der Waals surface area contributed by atoms with Gasteiger partial charge in [0.25, 0.3) is 0 Å². The van der Waals surface area contributed by atoms with Gasteiger partial charge < -0.3 is 10.4 Å². The number of phenols is 1. The molecule has 124 valence electrons. The quantitative estimate of drug-likeness (QED) is 0.548. The van der Waals surface area contributed by atoms with Crippen molar-refractivity contribution in [3.05, 3.63) is 71.9 Å². The van der Waals surface area contributed by atoms with Crippen LogP contribution in [0.15, 0.2) is 66.2 Å². The molecule has 2 aromatic carbocycles. The number of thiazole rings is 1. The van der Waals surface area contributed by atoms with Gasteiger partial charge in [0.2, 0.25) is 5.91 Å². The highest BCUT2D eigenvalue weighted by molar-refractivity contribution is 7.15. The molecule has 2 heterocycles. The van der Waals surface area contributed by atoms with Crippen LogP contribution in [0.3, 0.4) is 0 Å². The van der Waals surface area contributed by atoms with Crippen LogP contribution in [-0.2, 0) is 11.2 Å². The van der Waals surface area contributed by atoms with Crippen molar-refractivity contribution in [3.8, 4) is 17.0 Å². The number of benzene rings is 2. The second-order valence-corrected chi connectivity index (χ2v) is 6.48. The highest BCUT2D eigenvalue weighted by Gasteiger charge is 2.12. The number of anilines is 1. The van der Waals surface area contributed by atoms with Crippen molar-refractivity contribution in [1.29, 1.82) is 0 Å². The first-order valence-corrected chi connectivity index (χ1v) is 8.67. The second kappa shape index (κ2) is 6.41. The van der Waals surface area contributed by atoms with Crippen LogP contribution in [0.5, 0.6) is 5.75 Å². The molecule has 0 fully saturated rings. The van der Waals surface area contributed by atoms with E-state index in [1.807, 2.05) is 46.3 Å². The first-order chi connectivity index (χ1) is 12.2. The van der Waals surface area contributed by atoms with E-state index in [4.69, 9.17) is 0 Å². The fraction of sp³-hybridized carbons (Fsp3) is 0.0526. The minimum atomic E-state index is -0.111. The van der Waals surface area contributed by atoms with Crippen LogP contribution in [0, 0.1) is 0 Å². The van der Waals surface area contributed by atoms with Crippen LogP contribution < -0.4 is 5.32 Å².